The van der Waals surface area contributed by atoms with Gasteiger partial charge in [0.05, 0.1) is 11.0 Å². The Hall–Kier alpha value is -2.37. The average molecular weight is 288 g/mol. The lowest BCUT2D eigenvalue weighted by atomic mass is 10.3. The van der Waals surface area contributed by atoms with Crippen molar-refractivity contribution in [3.05, 3.63) is 30.1 Å². The molecule has 1 aromatic heterocycles. The molecule has 6 nitrogen and oxygen atoms in total. The van der Waals surface area contributed by atoms with Crippen molar-refractivity contribution < 1.29 is 9.59 Å². The van der Waals surface area contributed by atoms with Gasteiger partial charge in [0, 0.05) is 6.04 Å². The summed E-state index contributed by atoms with van der Waals surface area (Å²) in [5.41, 5.74) is 1.72. The Labute approximate surface area is 123 Å². The Morgan fingerprint density at radius 1 is 1.33 bits per heavy atom. The number of carbonyl (C=O) groups is 2. The third kappa shape index (κ3) is 3.59. The third-order valence-corrected chi connectivity index (χ3v) is 3.39. The van der Waals surface area contributed by atoms with Gasteiger partial charge in [-0.25, -0.2) is 9.78 Å². The monoisotopic (exact) mass is 288 g/mol. The minimum Gasteiger partial charge on any atom is -0.335 e. The number of nitrogens with zero attached hydrogens (tertiary/aromatic N) is 2. The van der Waals surface area contributed by atoms with E-state index in [9.17, 15) is 9.59 Å². The number of imide groups is 1. The number of hydrogen-bond acceptors (Lipinski definition) is 3. The average Bonchev–Trinajstić information content (AvgIpc) is 2.75. The van der Waals surface area contributed by atoms with Crippen LogP contribution in [0.2, 0.25) is 0 Å². The van der Waals surface area contributed by atoms with E-state index in [0.29, 0.717) is 0 Å². The van der Waals surface area contributed by atoms with Gasteiger partial charge in [-0.2, -0.15) is 0 Å². The van der Waals surface area contributed by atoms with Crippen molar-refractivity contribution in [2.24, 2.45) is 0 Å². The van der Waals surface area contributed by atoms with Gasteiger partial charge in [0.1, 0.15) is 12.4 Å². The minimum absolute atomic E-state index is 0.0358. The molecular formula is C15H20N4O2. The van der Waals surface area contributed by atoms with Crippen LogP contribution in [0.1, 0.15) is 26.1 Å². The summed E-state index contributed by atoms with van der Waals surface area (Å²) in [7, 11) is 0. The van der Waals surface area contributed by atoms with Crippen molar-refractivity contribution in [1.82, 2.24) is 20.2 Å². The molecular weight excluding hydrogens is 268 g/mol. The highest BCUT2D eigenvalue weighted by Crippen LogP contribution is 2.14. The predicted molar refractivity (Wildman–Crippen MR) is 80.9 cm³/mol. The zero-order chi connectivity index (χ0) is 15.4. The van der Waals surface area contributed by atoms with Crippen LogP contribution < -0.4 is 10.6 Å². The second-order valence-corrected chi connectivity index (χ2v) is 5.06. The number of carbonyl (C=O) groups excluding carboxylic acids is 2. The van der Waals surface area contributed by atoms with Crippen LogP contribution in [-0.4, -0.2) is 27.5 Å². The maximum absolute atomic E-state index is 12.0. The number of urea groups is 1. The van der Waals surface area contributed by atoms with Crippen LogP contribution >= 0.6 is 0 Å². The fourth-order valence-corrected chi connectivity index (χ4v) is 2.07. The first-order valence-corrected chi connectivity index (χ1v) is 7.03. The molecule has 2 aromatic rings. The standard InChI is InChI=1S/C15H20N4O2/c1-4-10(2)16-15(21)18-14(20)9-19-11(3)17-12-7-5-6-8-13(12)19/h5-8,10H,4,9H2,1-3H3,(H2,16,18,20,21)/t10-/m0/s1. The van der Waals surface area contributed by atoms with Gasteiger partial charge in [0.25, 0.3) is 0 Å². The maximum atomic E-state index is 12.0. The van der Waals surface area contributed by atoms with Crippen LogP contribution in [0, 0.1) is 6.92 Å². The molecule has 0 unspecified atom stereocenters. The first-order chi connectivity index (χ1) is 10.0. The largest absolute Gasteiger partial charge is 0.335 e. The van der Waals surface area contributed by atoms with Crippen LogP contribution in [0.15, 0.2) is 24.3 Å². The summed E-state index contributed by atoms with van der Waals surface area (Å²) in [6.07, 6.45) is 0.812. The summed E-state index contributed by atoms with van der Waals surface area (Å²) in [4.78, 5) is 28.0. The van der Waals surface area contributed by atoms with Gasteiger partial charge in [-0.3, -0.25) is 10.1 Å². The summed E-state index contributed by atoms with van der Waals surface area (Å²) in [6.45, 7) is 5.76. The van der Waals surface area contributed by atoms with Gasteiger partial charge < -0.3 is 9.88 Å². The van der Waals surface area contributed by atoms with E-state index in [1.54, 1.807) is 4.57 Å². The van der Waals surface area contributed by atoms with Crippen LogP contribution in [0.25, 0.3) is 11.0 Å². The smallest absolute Gasteiger partial charge is 0.321 e. The zero-order valence-electron chi connectivity index (χ0n) is 12.5. The second kappa shape index (κ2) is 6.39. The van der Waals surface area contributed by atoms with Crippen molar-refractivity contribution in [2.75, 3.05) is 0 Å². The molecule has 2 rings (SSSR count). The molecule has 0 bridgehead atoms. The topological polar surface area (TPSA) is 76.0 Å². The van der Waals surface area contributed by atoms with Gasteiger partial charge in [-0.15, -0.1) is 0 Å². The molecule has 1 heterocycles. The van der Waals surface area contributed by atoms with Gasteiger partial charge in [0.2, 0.25) is 5.91 Å². The molecule has 0 spiro atoms. The third-order valence-electron chi connectivity index (χ3n) is 3.39. The van der Waals surface area contributed by atoms with Crippen molar-refractivity contribution >= 4 is 23.0 Å². The number of rotatable bonds is 4. The van der Waals surface area contributed by atoms with Crippen molar-refractivity contribution in [2.45, 2.75) is 39.8 Å². The van der Waals surface area contributed by atoms with Crippen molar-refractivity contribution in [3.8, 4) is 0 Å². The molecule has 0 aliphatic heterocycles. The predicted octanol–water partition coefficient (Wildman–Crippen LogP) is 1.97. The Kier molecular flexibility index (Phi) is 4.57. The number of nitrogens with one attached hydrogen (secondary N) is 2. The minimum atomic E-state index is -0.462. The van der Waals surface area contributed by atoms with E-state index >= 15 is 0 Å². The fourth-order valence-electron chi connectivity index (χ4n) is 2.07. The lowest BCUT2D eigenvalue weighted by molar-refractivity contribution is -0.120. The second-order valence-electron chi connectivity index (χ2n) is 5.06. The summed E-state index contributed by atoms with van der Waals surface area (Å²) in [6, 6.07) is 7.17. The quantitative estimate of drug-likeness (QED) is 0.903. The number of aromatic nitrogens is 2. The van der Waals surface area contributed by atoms with E-state index in [1.807, 2.05) is 45.0 Å². The Morgan fingerprint density at radius 2 is 2.05 bits per heavy atom. The molecule has 0 saturated heterocycles. The number of amides is 3. The van der Waals surface area contributed by atoms with E-state index in [4.69, 9.17) is 0 Å². The molecule has 21 heavy (non-hydrogen) atoms. The molecule has 2 N–H and O–H groups in total. The summed E-state index contributed by atoms with van der Waals surface area (Å²) >= 11 is 0. The Morgan fingerprint density at radius 3 is 2.76 bits per heavy atom. The van der Waals surface area contributed by atoms with E-state index in [-0.39, 0.29) is 18.5 Å². The number of benzene rings is 1. The summed E-state index contributed by atoms with van der Waals surface area (Å²) in [5, 5.41) is 5.03. The van der Waals surface area contributed by atoms with Crippen LogP contribution in [0.5, 0.6) is 0 Å². The highest BCUT2D eigenvalue weighted by molar-refractivity contribution is 5.94. The molecule has 1 aromatic carbocycles. The SMILES string of the molecule is CC[C@H](C)NC(=O)NC(=O)Cn1c(C)nc2ccccc21. The van der Waals surface area contributed by atoms with Gasteiger partial charge in [0.15, 0.2) is 0 Å². The van der Waals surface area contributed by atoms with Gasteiger partial charge in [-0.1, -0.05) is 19.1 Å². The molecule has 1 atom stereocenters. The van der Waals surface area contributed by atoms with Crippen molar-refractivity contribution in [1.29, 1.82) is 0 Å². The number of hydrogen-bond donors (Lipinski definition) is 2. The van der Waals surface area contributed by atoms with E-state index < -0.39 is 6.03 Å². The fraction of sp³-hybridized carbons (Fsp3) is 0.400. The van der Waals surface area contributed by atoms with Gasteiger partial charge >= 0.3 is 6.03 Å². The molecule has 3 amide bonds. The molecule has 6 heteroatoms. The number of para-hydroxylation sites is 2. The normalized spacial score (nSPS) is 12.1. The lowest BCUT2D eigenvalue weighted by Gasteiger charge is -2.12. The van der Waals surface area contributed by atoms with Crippen LogP contribution in [-0.2, 0) is 11.3 Å². The molecule has 0 saturated carbocycles. The van der Waals surface area contributed by atoms with E-state index in [2.05, 4.69) is 15.6 Å². The van der Waals surface area contributed by atoms with Crippen LogP contribution in [0.3, 0.4) is 0 Å². The van der Waals surface area contributed by atoms with Crippen LogP contribution in [0.4, 0.5) is 4.79 Å². The van der Waals surface area contributed by atoms with E-state index in [1.165, 1.54) is 0 Å². The first-order valence-electron chi connectivity index (χ1n) is 7.03. The zero-order valence-corrected chi connectivity index (χ0v) is 12.5. The number of imidazole rings is 1. The summed E-state index contributed by atoms with van der Waals surface area (Å²) in [5.74, 6) is 0.385. The highest BCUT2D eigenvalue weighted by atomic mass is 16.2. The maximum Gasteiger partial charge on any atom is 0.321 e. The summed E-state index contributed by atoms with van der Waals surface area (Å²) < 4.78 is 1.79. The Bertz CT molecular complexity index is 663. The lowest BCUT2D eigenvalue weighted by Crippen LogP contribution is -2.44. The first kappa shape index (κ1) is 15.0. The molecule has 0 fully saturated rings. The molecule has 0 aliphatic rings. The molecule has 112 valence electrons. The Balaban J connectivity index is 2.05. The van der Waals surface area contributed by atoms with E-state index in [0.717, 1.165) is 23.3 Å². The number of aryl methyl sites for hydroxylation is 1. The van der Waals surface area contributed by atoms with Crippen molar-refractivity contribution in [3.63, 3.8) is 0 Å². The highest BCUT2D eigenvalue weighted by Gasteiger charge is 2.13. The number of fused-ring (bicyclic) bond motifs is 1. The molecule has 0 radical (unpaired) electrons. The molecule has 0 aliphatic carbocycles. The van der Waals surface area contributed by atoms with Gasteiger partial charge in [-0.05, 0) is 32.4 Å².